The average Bonchev–Trinajstić information content (AvgIpc) is 3.09. The fourth-order valence-corrected chi connectivity index (χ4v) is 4.11. The van der Waals surface area contributed by atoms with Gasteiger partial charge in [0.1, 0.15) is 0 Å². The first-order valence-electron chi connectivity index (χ1n) is 8.99. The van der Waals surface area contributed by atoms with Gasteiger partial charge in [-0.15, -0.1) is 0 Å². The van der Waals surface area contributed by atoms with Crippen LogP contribution in [-0.2, 0) is 16.0 Å². The van der Waals surface area contributed by atoms with Gasteiger partial charge in [-0.1, -0.05) is 25.1 Å². The van der Waals surface area contributed by atoms with Crippen LogP contribution >= 0.6 is 0 Å². The zero-order valence-corrected chi connectivity index (χ0v) is 14.2. The SMILES string of the molecule is C=CC(=O)Nc1ccc(CCC(=O)N2CCCC3CCCC32)cc1. The van der Waals surface area contributed by atoms with Crippen LogP contribution in [0.1, 0.15) is 44.1 Å². The number of carbonyl (C=O) groups excluding carboxylic acids is 2. The van der Waals surface area contributed by atoms with Crippen LogP contribution < -0.4 is 5.32 Å². The first-order chi connectivity index (χ1) is 11.7. The van der Waals surface area contributed by atoms with Crippen molar-refractivity contribution >= 4 is 17.5 Å². The monoisotopic (exact) mass is 326 g/mol. The summed E-state index contributed by atoms with van der Waals surface area (Å²) in [5.74, 6) is 0.834. The lowest BCUT2D eigenvalue weighted by Crippen LogP contribution is -2.46. The summed E-state index contributed by atoms with van der Waals surface area (Å²) >= 11 is 0. The standard InChI is InChI=1S/C20H26N2O2/c1-2-19(23)21-17-11-8-15(9-12-17)10-13-20(24)22-14-4-6-16-5-3-7-18(16)22/h2,8-9,11-12,16,18H,1,3-7,10,13-14H2,(H,21,23). The van der Waals surface area contributed by atoms with E-state index in [1.54, 1.807) is 0 Å². The number of nitrogens with zero attached hydrogens (tertiary/aromatic N) is 1. The highest BCUT2D eigenvalue weighted by Crippen LogP contribution is 2.37. The number of amides is 2. The molecule has 1 heterocycles. The molecule has 128 valence electrons. The van der Waals surface area contributed by atoms with Gasteiger partial charge in [0.2, 0.25) is 11.8 Å². The third kappa shape index (κ3) is 3.86. The van der Waals surface area contributed by atoms with E-state index < -0.39 is 0 Å². The van der Waals surface area contributed by atoms with E-state index in [4.69, 9.17) is 0 Å². The summed E-state index contributed by atoms with van der Waals surface area (Å²) < 4.78 is 0. The van der Waals surface area contributed by atoms with Crippen molar-refractivity contribution < 1.29 is 9.59 Å². The van der Waals surface area contributed by atoms with E-state index >= 15 is 0 Å². The minimum atomic E-state index is -0.214. The topological polar surface area (TPSA) is 49.4 Å². The van der Waals surface area contributed by atoms with Crippen molar-refractivity contribution in [1.29, 1.82) is 0 Å². The van der Waals surface area contributed by atoms with Gasteiger partial charge >= 0.3 is 0 Å². The number of rotatable bonds is 5. The maximum absolute atomic E-state index is 12.6. The van der Waals surface area contributed by atoms with Gasteiger partial charge in [0, 0.05) is 24.7 Å². The largest absolute Gasteiger partial charge is 0.339 e. The van der Waals surface area contributed by atoms with E-state index in [1.165, 1.54) is 31.8 Å². The first kappa shape index (κ1) is 16.7. The van der Waals surface area contributed by atoms with Crippen molar-refractivity contribution in [1.82, 2.24) is 4.90 Å². The number of aryl methyl sites for hydroxylation is 1. The molecule has 4 nitrogen and oxygen atoms in total. The molecule has 3 rings (SSSR count). The van der Waals surface area contributed by atoms with Gasteiger partial charge in [-0.2, -0.15) is 0 Å². The summed E-state index contributed by atoms with van der Waals surface area (Å²) in [6.45, 7) is 4.37. The van der Waals surface area contributed by atoms with E-state index in [1.807, 2.05) is 24.3 Å². The number of carbonyl (C=O) groups is 2. The van der Waals surface area contributed by atoms with Crippen molar-refractivity contribution in [2.75, 3.05) is 11.9 Å². The first-order valence-corrected chi connectivity index (χ1v) is 8.99. The predicted molar refractivity (Wildman–Crippen MR) is 95.7 cm³/mol. The smallest absolute Gasteiger partial charge is 0.247 e. The van der Waals surface area contributed by atoms with Gasteiger partial charge < -0.3 is 10.2 Å². The van der Waals surface area contributed by atoms with Crippen molar-refractivity contribution in [2.45, 2.75) is 51.0 Å². The van der Waals surface area contributed by atoms with Crippen LogP contribution in [0.25, 0.3) is 0 Å². The van der Waals surface area contributed by atoms with Crippen LogP contribution in [0.2, 0.25) is 0 Å². The highest BCUT2D eigenvalue weighted by atomic mass is 16.2. The minimum absolute atomic E-state index is 0.214. The molecule has 0 bridgehead atoms. The molecular weight excluding hydrogens is 300 g/mol. The lowest BCUT2D eigenvalue weighted by atomic mass is 9.91. The molecule has 1 aliphatic heterocycles. The summed E-state index contributed by atoms with van der Waals surface area (Å²) in [5, 5.41) is 2.73. The number of benzene rings is 1. The van der Waals surface area contributed by atoms with Crippen molar-refractivity contribution in [3.63, 3.8) is 0 Å². The Morgan fingerprint density at radius 3 is 2.67 bits per heavy atom. The Morgan fingerprint density at radius 1 is 1.17 bits per heavy atom. The summed E-state index contributed by atoms with van der Waals surface area (Å²) in [6.07, 6.45) is 8.79. The second-order valence-corrected chi connectivity index (χ2v) is 6.88. The number of piperidine rings is 1. The van der Waals surface area contributed by atoms with Crippen LogP contribution in [0.3, 0.4) is 0 Å². The second-order valence-electron chi connectivity index (χ2n) is 6.88. The van der Waals surface area contributed by atoms with Crippen molar-refractivity contribution in [3.05, 3.63) is 42.5 Å². The molecule has 1 saturated heterocycles. The molecule has 2 unspecified atom stereocenters. The predicted octanol–water partition coefficient (Wildman–Crippen LogP) is 3.53. The number of anilines is 1. The van der Waals surface area contributed by atoms with Gasteiger partial charge in [-0.3, -0.25) is 9.59 Å². The quantitative estimate of drug-likeness (QED) is 0.842. The molecule has 0 radical (unpaired) electrons. The molecule has 1 N–H and O–H groups in total. The molecular formula is C20H26N2O2. The number of hydrogen-bond acceptors (Lipinski definition) is 2. The normalized spacial score (nSPS) is 22.8. The highest BCUT2D eigenvalue weighted by molar-refractivity contribution is 5.98. The number of hydrogen-bond donors (Lipinski definition) is 1. The maximum Gasteiger partial charge on any atom is 0.247 e. The molecule has 2 fully saturated rings. The molecule has 2 aliphatic rings. The zero-order valence-electron chi connectivity index (χ0n) is 14.2. The molecule has 1 aromatic carbocycles. The zero-order chi connectivity index (χ0) is 16.9. The van der Waals surface area contributed by atoms with E-state index in [2.05, 4.69) is 16.8 Å². The molecule has 2 atom stereocenters. The van der Waals surface area contributed by atoms with E-state index in [0.717, 1.165) is 36.6 Å². The Kier molecular flexibility index (Phi) is 5.34. The molecule has 4 heteroatoms. The van der Waals surface area contributed by atoms with Crippen LogP contribution in [0.4, 0.5) is 5.69 Å². The Balaban J connectivity index is 1.52. The highest BCUT2D eigenvalue weighted by Gasteiger charge is 2.36. The maximum atomic E-state index is 12.6. The number of fused-ring (bicyclic) bond motifs is 1. The molecule has 2 amide bonds. The van der Waals surface area contributed by atoms with E-state index in [0.29, 0.717) is 18.4 Å². The minimum Gasteiger partial charge on any atom is -0.339 e. The molecule has 0 aromatic heterocycles. The van der Waals surface area contributed by atoms with E-state index in [-0.39, 0.29) is 5.91 Å². The number of nitrogens with one attached hydrogen (secondary N) is 1. The van der Waals surface area contributed by atoms with Crippen LogP contribution in [0, 0.1) is 5.92 Å². The Morgan fingerprint density at radius 2 is 1.92 bits per heavy atom. The summed E-state index contributed by atoms with van der Waals surface area (Å²) in [6, 6.07) is 8.19. The van der Waals surface area contributed by atoms with Crippen molar-refractivity contribution in [2.24, 2.45) is 5.92 Å². The Bertz CT molecular complexity index is 609. The summed E-state index contributed by atoms with van der Waals surface area (Å²) in [5.41, 5.74) is 1.87. The Hall–Kier alpha value is -2.10. The van der Waals surface area contributed by atoms with E-state index in [9.17, 15) is 9.59 Å². The van der Waals surface area contributed by atoms with Gasteiger partial charge in [-0.05, 0) is 61.8 Å². The van der Waals surface area contributed by atoms with Gasteiger partial charge in [0.25, 0.3) is 0 Å². The number of likely N-dealkylation sites (tertiary alicyclic amines) is 1. The molecule has 1 saturated carbocycles. The second kappa shape index (κ2) is 7.65. The molecule has 1 aliphatic carbocycles. The van der Waals surface area contributed by atoms with Crippen LogP contribution in [0.5, 0.6) is 0 Å². The fraction of sp³-hybridized carbons (Fsp3) is 0.500. The van der Waals surface area contributed by atoms with Gasteiger partial charge in [-0.25, -0.2) is 0 Å². The summed E-state index contributed by atoms with van der Waals surface area (Å²) in [4.78, 5) is 26.0. The average molecular weight is 326 g/mol. The molecule has 0 spiro atoms. The van der Waals surface area contributed by atoms with Crippen LogP contribution in [-0.4, -0.2) is 29.3 Å². The lowest BCUT2D eigenvalue weighted by molar-refractivity contribution is -0.135. The van der Waals surface area contributed by atoms with Gasteiger partial charge in [0.15, 0.2) is 0 Å². The Labute approximate surface area is 143 Å². The van der Waals surface area contributed by atoms with Crippen LogP contribution in [0.15, 0.2) is 36.9 Å². The molecule has 1 aromatic rings. The fourth-order valence-electron chi connectivity index (χ4n) is 4.11. The van der Waals surface area contributed by atoms with Gasteiger partial charge in [0.05, 0.1) is 0 Å². The lowest BCUT2D eigenvalue weighted by Gasteiger charge is -2.38. The molecule has 24 heavy (non-hydrogen) atoms. The third-order valence-corrected chi connectivity index (χ3v) is 5.35. The third-order valence-electron chi connectivity index (χ3n) is 5.35. The summed E-state index contributed by atoms with van der Waals surface area (Å²) in [7, 11) is 0. The van der Waals surface area contributed by atoms with Crippen molar-refractivity contribution in [3.8, 4) is 0 Å².